The summed E-state index contributed by atoms with van der Waals surface area (Å²) in [5, 5.41) is 21.2. The molecule has 1 fully saturated rings. The van der Waals surface area contributed by atoms with Crippen LogP contribution < -0.4 is 0 Å². The van der Waals surface area contributed by atoms with E-state index in [9.17, 15) is 10.2 Å². The molecule has 1 aliphatic heterocycles. The molecule has 2 aromatic carbocycles. The minimum absolute atomic E-state index is 0.0100. The molecule has 0 saturated carbocycles. The molecule has 0 radical (unpaired) electrons. The first-order valence-electron chi connectivity index (χ1n) is 7.93. The van der Waals surface area contributed by atoms with E-state index in [2.05, 4.69) is 24.0 Å². The van der Waals surface area contributed by atoms with Crippen LogP contribution in [0.5, 0.6) is 0 Å². The van der Waals surface area contributed by atoms with Gasteiger partial charge in [-0.2, -0.15) is 0 Å². The average molecular weight is 332 g/mol. The summed E-state index contributed by atoms with van der Waals surface area (Å²) in [6.07, 6.45) is -0.580. The van der Waals surface area contributed by atoms with Crippen molar-refractivity contribution in [3.8, 4) is 0 Å². The maximum absolute atomic E-state index is 10.7. The third-order valence-electron chi connectivity index (χ3n) is 4.81. The molecule has 3 atom stereocenters. The van der Waals surface area contributed by atoms with Crippen molar-refractivity contribution in [1.29, 1.82) is 0 Å². The summed E-state index contributed by atoms with van der Waals surface area (Å²) in [6, 6.07) is 15.6. The first kappa shape index (κ1) is 16.5. The van der Waals surface area contributed by atoms with Crippen LogP contribution in [0, 0.1) is 6.92 Å². The van der Waals surface area contributed by atoms with Crippen LogP contribution >= 0.6 is 11.6 Å². The lowest BCUT2D eigenvalue weighted by atomic mass is 9.90. The monoisotopic (exact) mass is 331 g/mol. The van der Waals surface area contributed by atoms with Crippen LogP contribution in [0.4, 0.5) is 0 Å². The Morgan fingerprint density at radius 1 is 1.13 bits per heavy atom. The lowest BCUT2D eigenvalue weighted by Crippen LogP contribution is -2.38. The van der Waals surface area contributed by atoms with E-state index in [1.165, 1.54) is 5.56 Å². The zero-order chi connectivity index (χ0) is 16.4. The molecule has 3 nitrogen and oxygen atoms in total. The molecule has 0 bridgehead atoms. The van der Waals surface area contributed by atoms with Gasteiger partial charge in [0.2, 0.25) is 0 Å². The van der Waals surface area contributed by atoms with Gasteiger partial charge in [0.05, 0.1) is 18.8 Å². The lowest BCUT2D eigenvalue weighted by Gasteiger charge is -2.24. The second-order valence-electron chi connectivity index (χ2n) is 6.22. The fourth-order valence-electron chi connectivity index (χ4n) is 3.52. The molecule has 4 heteroatoms. The largest absolute Gasteiger partial charge is 0.395 e. The molecule has 23 heavy (non-hydrogen) atoms. The first-order chi connectivity index (χ1) is 11.1. The van der Waals surface area contributed by atoms with Crippen LogP contribution in [0.3, 0.4) is 0 Å². The molecule has 1 aliphatic rings. The quantitative estimate of drug-likeness (QED) is 0.905. The van der Waals surface area contributed by atoms with Crippen LogP contribution in [0.1, 0.15) is 22.6 Å². The van der Waals surface area contributed by atoms with Crippen molar-refractivity contribution >= 4 is 11.6 Å². The molecule has 1 heterocycles. The number of aryl methyl sites for hydroxylation is 1. The van der Waals surface area contributed by atoms with Crippen molar-refractivity contribution in [2.75, 3.05) is 13.2 Å². The van der Waals surface area contributed by atoms with Crippen LogP contribution in [-0.2, 0) is 6.54 Å². The molecule has 0 unspecified atom stereocenters. The van der Waals surface area contributed by atoms with E-state index < -0.39 is 6.10 Å². The number of hydrogen-bond acceptors (Lipinski definition) is 3. The van der Waals surface area contributed by atoms with Crippen LogP contribution in [-0.4, -0.2) is 40.4 Å². The summed E-state index contributed by atoms with van der Waals surface area (Å²) in [4.78, 5) is 2.13. The maximum Gasteiger partial charge on any atom is 0.0798 e. The Morgan fingerprint density at radius 2 is 1.83 bits per heavy atom. The number of hydrogen-bond donors (Lipinski definition) is 2. The normalized spacial score (nSPS) is 25.0. The predicted octanol–water partition coefficient (Wildman–Crippen LogP) is 2.97. The lowest BCUT2D eigenvalue weighted by molar-refractivity contribution is 0.0640. The molecular formula is C19H22ClNO2. The Labute approximate surface area is 142 Å². The Hall–Kier alpha value is -1.39. The minimum Gasteiger partial charge on any atom is -0.395 e. The molecular weight excluding hydrogens is 310 g/mol. The van der Waals surface area contributed by atoms with Gasteiger partial charge in [-0.05, 0) is 29.7 Å². The summed E-state index contributed by atoms with van der Waals surface area (Å²) in [7, 11) is 0. The fourth-order valence-corrected chi connectivity index (χ4v) is 3.71. The first-order valence-corrected chi connectivity index (χ1v) is 8.31. The highest BCUT2D eigenvalue weighted by Gasteiger charge is 2.41. The smallest absolute Gasteiger partial charge is 0.0798 e. The van der Waals surface area contributed by atoms with Crippen LogP contribution in [0.25, 0.3) is 0 Å². The van der Waals surface area contributed by atoms with Crippen LogP contribution in [0.15, 0.2) is 48.5 Å². The summed E-state index contributed by atoms with van der Waals surface area (Å²) in [5.74, 6) is 0.0100. The van der Waals surface area contributed by atoms with Crippen molar-refractivity contribution < 1.29 is 10.2 Å². The molecule has 0 spiro atoms. The number of aliphatic hydroxyl groups is 2. The van der Waals surface area contributed by atoms with E-state index in [0.29, 0.717) is 13.1 Å². The van der Waals surface area contributed by atoms with Gasteiger partial charge in [0.25, 0.3) is 0 Å². The standard InChI is InChI=1S/C19H22ClNO2/c1-13-6-2-4-8-15(13)16-11-21(18(12-22)19(16)23)10-14-7-3-5-9-17(14)20/h2-9,16,18-19,22-23H,10-12H2,1H3/t16-,18-,19-/m1/s1. The van der Waals surface area contributed by atoms with E-state index in [1.54, 1.807) is 0 Å². The van der Waals surface area contributed by atoms with Gasteiger partial charge in [0, 0.05) is 24.0 Å². The van der Waals surface area contributed by atoms with E-state index in [0.717, 1.165) is 16.1 Å². The molecule has 2 aromatic rings. The second-order valence-corrected chi connectivity index (χ2v) is 6.63. The summed E-state index contributed by atoms with van der Waals surface area (Å²) in [6.45, 7) is 3.34. The number of rotatable bonds is 4. The highest BCUT2D eigenvalue weighted by atomic mass is 35.5. The predicted molar refractivity (Wildman–Crippen MR) is 92.7 cm³/mol. The zero-order valence-corrected chi connectivity index (χ0v) is 13.9. The number of halogens is 1. The fraction of sp³-hybridized carbons (Fsp3) is 0.368. The van der Waals surface area contributed by atoms with Crippen LogP contribution in [0.2, 0.25) is 5.02 Å². The highest BCUT2D eigenvalue weighted by molar-refractivity contribution is 6.31. The van der Waals surface area contributed by atoms with Gasteiger partial charge >= 0.3 is 0 Å². The van der Waals surface area contributed by atoms with Crippen molar-refractivity contribution in [3.63, 3.8) is 0 Å². The molecule has 0 amide bonds. The van der Waals surface area contributed by atoms with E-state index in [1.807, 2.05) is 36.4 Å². The summed E-state index contributed by atoms with van der Waals surface area (Å²) in [5.41, 5.74) is 3.35. The minimum atomic E-state index is -0.580. The van der Waals surface area contributed by atoms with Crippen molar-refractivity contribution in [3.05, 3.63) is 70.2 Å². The molecule has 0 aromatic heterocycles. The van der Waals surface area contributed by atoms with Gasteiger partial charge in [-0.25, -0.2) is 0 Å². The third-order valence-corrected chi connectivity index (χ3v) is 5.18. The Kier molecular flexibility index (Phi) is 5.02. The molecule has 0 aliphatic carbocycles. The number of nitrogens with zero attached hydrogens (tertiary/aromatic N) is 1. The Bertz CT molecular complexity index is 676. The van der Waals surface area contributed by atoms with Crippen molar-refractivity contribution in [2.45, 2.75) is 31.5 Å². The number of aliphatic hydroxyl groups excluding tert-OH is 2. The van der Waals surface area contributed by atoms with Crippen molar-refractivity contribution in [2.24, 2.45) is 0 Å². The highest BCUT2D eigenvalue weighted by Crippen LogP contribution is 2.35. The van der Waals surface area contributed by atoms with Gasteiger partial charge in [-0.1, -0.05) is 54.1 Å². The summed E-state index contributed by atoms with van der Waals surface area (Å²) < 4.78 is 0. The van der Waals surface area contributed by atoms with Gasteiger partial charge < -0.3 is 10.2 Å². The van der Waals surface area contributed by atoms with E-state index in [-0.39, 0.29) is 18.6 Å². The summed E-state index contributed by atoms with van der Waals surface area (Å²) >= 11 is 6.26. The molecule has 2 N–H and O–H groups in total. The zero-order valence-electron chi connectivity index (χ0n) is 13.2. The molecule has 122 valence electrons. The Morgan fingerprint density at radius 3 is 2.52 bits per heavy atom. The van der Waals surface area contributed by atoms with E-state index >= 15 is 0 Å². The maximum atomic E-state index is 10.7. The molecule has 1 saturated heterocycles. The number of benzene rings is 2. The van der Waals surface area contributed by atoms with E-state index in [4.69, 9.17) is 11.6 Å². The van der Waals surface area contributed by atoms with Gasteiger partial charge in [-0.15, -0.1) is 0 Å². The topological polar surface area (TPSA) is 43.7 Å². The number of likely N-dealkylation sites (tertiary alicyclic amines) is 1. The van der Waals surface area contributed by atoms with Gasteiger partial charge in [0.15, 0.2) is 0 Å². The van der Waals surface area contributed by atoms with Crippen molar-refractivity contribution in [1.82, 2.24) is 4.90 Å². The van der Waals surface area contributed by atoms with Gasteiger partial charge in [0.1, 0.15) is 0 Å². The second kappa shape index (κ2) is 7.02. The third kappa shape index (κ3) is 3.29. The average Bonchev–Trinajstić information content (AvgIpc) is 2.86. The van der Waals surface area contributed by atoms with Gasteiger partial charge in [-0.3, -0.25) is 4.90 Å². The SMILES string of the molecule is Cc1ccccc1[C@H]1CN(Cc2ccccc2Cl)[C@H](CO)[C@@H]1O. The Balaban J connectivity index is 1.85. The molecule has 3 rings (SSSR count).